The van der Waals surface area contributed by atoms with Gasteiger partial charge in [0.25, 0.3) is 5.91 Å². The Kier molecular flexibility index (Phi) is 6.90. The maximum Gasteiger partial charge on any atom is 0.255 e. The fraction of sp³-hybridized carbons (Fsp3) is 0.136. The lowest BCUT2D eigenvalue weighted by Crippen LogP contribution is -2.12. The van der Waals surface area contributed by atoms with Gasteiger partial charge in [0.15, 0.2) is 11.5 Å². The van der Waals surface area contributed by atoms with E-state index in [4.69, 9.17) is 18.9 Å². The average molecular weight is 469 g/mol. The summed E-state index contributed by atoms with van der Waals surface area (Å²) in [5.41, 5.74) is 0.421. The lowest BCUT2D eigenvalue weighted by atomic mass is 10.1. The molecule has 6 nitrogen and oxygen atoms in total. The highest BCUT2D eigenvalue weighted by atomic mass is 19.2. The van der Waals surface area contributed by atoms with Gasteiger partial charge in [0.2, 0.25) is 40.6 Å². The van der Waals surface area contributed by atoms with Crippen molar-refractivity contribution in [1.82, 2.24) is 0 Å². The Balaban J connectivity index is 1.80. The molecule has 3 aromatic rings. The van der Waals surface area contributed by atoms with Gasteiger partial charge in [-0.25, -0.2) is 13.2 Å². The van der Waals surface area contributed by atoms with E-state index >= 15 is 0 Å². The number of anilines is 1. The van der Waals surface area contributed by atoms with E-state index in [2.05, 4.69) is 5.32 Å². The third-order valence-electron chi connectivity index (χ3n) is 4.43. The fourth-order valence-corrected chi connectivity index (χ4v) is 2.81. The molecule has 3 aromatic carbocycles. The summed E-state index contributed by atoms with van der Waals surface area (Å²) >= 11 is 0. The van der Waals surface area contributed by atoms with Crippen molar-refractivity contribution in [3.05, 3.63) is 71.0 Å². The zero-order chi connectivity index (χ0) is 24.3. The third-order valence-corrected chi connectivity index (χ3v) is 4.43. The van der Waals surface area contributed by atoms with E-state index in [9.17, 15) is 26.7 Å². The lowest BCUT2D eigenvalue weighted by molar-refractivity contribution is 0.102. The summed E-state index contributed by atoms with van der Waals surface area (Å²) in [4.78, 5) is 12.6. The van der Waals surface area contributed by atoms with Crippen LogP contribution in [-0.4, -0.2) is 27.2 Å². The number of nitrogens with one attached hydrogen (secondary N) is 1. The van der Waals surface area contributed by atoms with Crippen LogP contribution in [0.2, 0.25) is 0 Å². The highest BCUT2D eigenvalue weighted by Crippen LogP contribution is 2.38. The number of carbonyl (C=O) groups is 1. The number of ether oxygens (including phenoxy) is 4. The number of halogens is 5. The molecule has 33 heavy (non-hydrogen) atoms. The molecular weight excluding hydrogens is 453 g/mol. The van der Waals surface area contributed by atoms with E-state index in [0.717, 1.165) is 0 Å². The molecule has 0 saturated carbocycles. The molecule has 3 rings (SSSR count). The molecular formula is C22H16F5NO5. The number of carbonyl (C=O) groups excluding carboxylic acids is 1. The van der Waals surface area contributed by atoms with E-state index in [1.807, 2.05) is 0 Å². The van der Waals surface area contributed by atoms with Crippen LogP contribution in [-0.2, 0) is 0 Å². The molecule has 0 aliphatic heterocycles. The van der Waals surface area contributed by atoms with Crippen LogP contribution in [0.1, 0.15) is 10.4 Å². The van der Waals surface area contributed by atoms with Crippen LogP contribution >= 0.6 is 0 Å². The molecule has 0 radical (unpaired) electrons. The Morgan fingerprint density at radius 3 is 1.64 bits per heavy atom. The van der Waals surface area contributed by atoms with Crippen LogP contribution in [0, 0.1) is 29.1 Å². The van der Waals surface area contributed by atoms with Crippen molar-refractivity contribution in [2.75, 3.05) is 26.6 Å². The van der Waals surface area contributed by atoms with Gasteiger partial charge < -0.3 is 24.3 Å². The fourth-order valence-electron chi connectivity index (χ4n) is 2.81. The molecule has 1 amide bonds. The summed E-state index contributed by atoms with van der Waals surface area (Å²) in [6.45, 7) is 0. The third kappa shape index (κ3) is 4.61. The summed E-state index contributed by atoms with van der Waals surface area (Å²) in [7, 11) is 4.20. The van der Waals surface area contributed by atoms with E-state index in [1.54, 1.807) is 0 Å². The molecule has 11 heteroatoms. The number of benzene rings is 3. The molecule has 0 spiro atoms. The number of hydrogen-bond acceptors (Lipinski definition) is 5. The maximum atomic E-state index is 13.8. The second-order valence-electron chi connectivity index (χ2n) is 6.39. The molecule has 174 valence electrons. The number of amides is 1. The van der Waals surface area contributed by atoms with Gasteiger partial charge in [0.05, 0.1) is 21.3 Å². The van der Waals surface area contributed by atoms with E-state index in [-0.39, 0.29) is 28.5 Å². The van der Waals surface area contributed by atoms with Crippen molar-refractivity contribution in [3.8, 4) is 28.7 Å². The van der Waals surface area contributed by atoms with Crippen LogP contribution in [0.4, 0.5) is 27.6 Å². The largest absolute Gasteiger partial charge is 0.493 e. The van der Waals surface area contributed by atoms with Crippen LogP contribution in [0.15, 0.2) is 36.4 Å². The molecule has 0 unspecified atom stereocenters. The summed E-state index contributed by atoms with van der Waals surface area (Å²) in [6, 6.07) is 7.80. The van der Waals surface area contributed by atoms with Gasteiger partial charge in [0, 0.05) is 11.3 Å². The quantitative estimate of drug-likeness (QED) is 0.283. The molecule has 0 aromatic heterocycles. The monoisotopic (exact) mass is 469 g/mol. The average Bonchev–Trinajstić information content (AvgIpc) is 2.84. The molecule has 0 atom stereocenters. The normalized spacial score (nSPS) is 10.5. The molecule has 0 fully saturated rings. The van der Waals surface area contributed by atoms with Crippen molar-refractivity contribution < 1.29 is 45.7 Å². The Bertz CT molecular complexity index is 1150. The van der Waals surface area contributed by atoms with Gasteiger partial charge in [-0.1, -0.05) is 0 Å². The van der Waals surface area contributed by atoms with Gasteiger partial charge in [-0.05, 0) is 36.4 Å². The standard InChI is InChI=1S/C22H16F5NO5/c1-30-13-8-10(9-14(31-2)20(13)32-3)22(29)28-11-4-6-12(7-5-11)33-21-18(26)16(24)15(23)17(25)19(21)27/h4-9H,1-3H3,(H,28,29). The summed E-state index contributed by atoms with van der Waals surface area (Å²) < 4.78 is 87.7. The minimum absolute atomic E-state index is 0.172. The molecule has 1 N–H and O–H groups in total. The van der Waals surface area contributed by atoms with Crippen LogP contribution in [0.5, 0.6) is 28.7 Å². The van der Waals surface area contributed by atoms with E-state index in [1.165, 1.54) is 57.7 Å². The first-order valence-corrected chi connectivity index (χ1v) is 9.12. The number of methoxy groups -OCH3 is 3. The van der Waals surface area contributed by atoms with Gasteiger partial charge in [0.1, 0.15) is 5.75 Å². The van der Waals surface area contributed by atoms with Crippen LogP contribution in [0.3, 0.4) is 0 Å². The van der Waals surface area contributed by atoms with Crippen molar-refractivity contribution in [2.45, 2.75) is 0 Å². The van der Waals surface area contributed by atoms with Gasteiger partial charge >= 0.3 is 0 Å². The first-order chi connectivity index (χ1) is 15.7. The number of rotatable bonds is 7. The van der Waals surface area contributed by atoms with Crippen molar-refractivity contribution >= 4 is 11.6 Å². The Hall–Kier alpha value is -4.02. The van der Waals surface area contributed by atoms with Crippen LogP contribution < -0.4 is 24.3 Å². The Morgan fingerprint density at radius 2 is 1.18 bits per heavy atom. The summed E-state index contributed by atoms with van der Waals surface area (Å²) in [6.07, 6.45) is 0. The Labute approximate surface area is 184 Å². The second kappa shape index (κ2) is 9.63. The molecule has 0 saturated heterocycles. The molecule has 0 aliphatic rings. The van der Waals surface area contributed by atoms with Gasteiger partial charge in [-0.15, -0.1) is 0 Å². The minimum atomic E-state index is -2.29. The van der Waals surface area contributed by atoms with Gasteiger partial charge in [-0.3, -0.25) is 4.79 Å². The zero-order valence-corrected chi connectivity index (χ0v) is 17.4. The SMILES string of the molecule is COc1cc(C(=O)Nc2ccc(Oc3c(F)c(F)c(F)c(F)c3F)cc2)cc(OC)c1OC. The van der Waals surface area contributed by atoms with E-state index in [0.29, 0.717) is 5.75 Å². The summed E-state index contributed by atoms with van der Waals surface area (Å²) in [5, 5.41) is 2.57. The van der Waals surface area contributed by atoms with Crippen molar-refractivity contribution in [1.29, 1.82) is 0 Å². The van der Waals surface area contributed by atoms with Crippen molar-refractivity contribution in [3.63, 3.8) is 0 Å². The molecule has 0 bridgehead atoms. The highest BCUT2D eigenvalue weighted by Gasteiger charge is 2.27. The second-order valence-corrected chi connectivity index (χ2v) is 6.39. The highest BCUT2D eigenvalue weighted by molar-refractivity contribution is 6.05. The summed E-state index contributed by atoms with van der Waals surface area (Å²) in [5.74, 6) is -12.2. The Morgan fingerprint density at radius 1 is 0.697 bits per heavy atom. The molecule has 0 heterocycles. The van der Waals surface area contributed by atoms with Crippen molar-refractivity contribution in [2.24, 2.45) is 0 Å². The lowest BCUT2D eigenvalue weighted by Gasteiger charge is -2.14. The molecule has 0 aliphatic carbocycles. The minimum Gasteiger partial charge on any atom is -0.493 e. The first-order valence-electron chi connectivity index (χ1n) is 9.12. The topological polar surface area (TPSA) is 66.0 Å². The van der Waals surface area contributed by atoms with Gasteiger partial charge in [-0.2, -0.15) is 8.78 Å². The zero-order valence-electron chi connectivity index (χ0n) is 17.4. The predicted octanol–water partition coefficient (Wildman–Crippen LogP) is 5.45. The number of hydrogen-bond donors (Lipinski definition) is 1. The van der Waals surface area contributed by atoms with E-state index < -0.39 is 40.7 Å². The smallest absolute Gasteiger partial charge is 0.255 e. The predicted molar refractivity (Wildman–Crippen MR) is 107 cm³/mol. The first kappa shape index (κ1) is 23.6. The maximum absolute atomic E-state index is 13.8. The van der Waals surface area contributed by atoms with Crippen LogP contribution in [0.25, 0.3) is 0 Å².